The van der Waals surface area contributed by atoms with E-state index in [0.29, 0.717) is 12.2 Å². The largest absolute Gasteiger partial charge is 0.488 e. The van der Waals surface area contributed by atoms with Gasteiger partial charge in [0, 0.05) is 11.1 Å². The molecule has 2 aromatic rings. The molecular formula is C18H18O3. The van der Waals surface area contributed by atoms with E-state index in [1.54, 1.807) is 13.0 Å². The third-order valence-corrected chi connectivity index (χ3v) is 3.04. The van der Waals surface area contributed by atoms with E-state index in [1.165, 1.54) is 7.11 Å². The van der Waals surface area contributed by atoms with Crippen molar-refractivity contribution in [2.45, 2.75) is 13.5 Å². The van der Waals surface area contributed by atoms with Crippen LogP contribution in [0, 0.1) is 0 Å². The molecule has 0 N–H and O–H groups in total. The maximum atomic E-state index is 11.5. The molecule has 0 radical (unpaired) electrons. The molecule has 0 fully saturated rings. The first kappa shape index (κ1) is 14.9. The molecule has 0 spiro atoms. The SMILES string of the molecule is COC(=O)/C(C)=C/c1ccccc1OCc1ccccc1. The average molecular weight is 282 g/mol. The van der Waals surface area contributed by atoms with Crippen LogP contribution in [0.2, 0.25) is 0 Å². The number of benzene rings is 2. The summed E-state index contributed by atoms with van der Waals surface area (Å²) in [6.45, 7) is 2.21. The van der Waals surface area contributed by atoms with E-state index in [4.69, 9.17) is 9.47 Å². The van der Waals surface area contributed by atoms with Crippen molar-refractivity contribution in [1.82, 2.24) is 0 Å². The van der Waals surface area contributed by atoms with Crippen LogP contribution in [0.5, 0.6) is 5.75 Å². The molecule has 2 aromatic carbocycles. The Balaban J connectivity index is 2.15. The monoisotopic (exact) mass is 282 g/mol. The smallest absolute Gasteiger partial charge is 0.333 e. The van der Waals surface area contributed by atoms with Crippen molar-refractivity contribution in [3.63, 3.8) is 0 Å². The van der Waals surface area contributed by atoms with Crippen molar-refractivity contribution in [2.24, 2.45) is 0 Å². The van der Waals surface area contributed by atoms with Gasteiger partial charge >= 0.3 is 5.97 Å². The second-order valence-corrected chi connectivity index (χ2v) is 4.63. The highest BCUT2D eigenvalue weighted by molar-refractivity contribution is 5.93. The highest BCUT2D eigenvalue weighted by Crippen LogP contribution is 2.22. The van der Waals surface area contributed by atoms with Crippen LogP contribution in [0.4, 0.5) is 0 Å². The third-order valence-electron chi connectivity index (χ3n) is 3.04. The molecule has 0 aliphatic carbocycles. The van der Waals surface area contributed by atoms with Crippen LogP contribution in [0.1, 0.15) is 18.1 Å². The first-order valence-corrected chi connectivity index (χ1v) is 6.73. The summed E-state index contributed by atoms with van der Waals surface area (Å²) in [6.07, 6.45) is 1.77. The Morgan fingerprint density at radius 3 is 2.43 bits per heavy atom. The second-order valence-electron chi connectivity index (χ2n) is 4.63. The van der Waals surface area contributed by atoms with Gasteiger partial charge in [0.25, 0.3) is 0 Å². The molecule has 0 amide bonds. The van der Waals surface area contributed by atoms with Crippen molar-refractivity contribution in [1.29, 1.82) is 0 Å². The summed E-state index contributed by atoms with van der Waals surface area (Å²) < 4.78 is 10.5. The summed E-state index contributed by atoms with van der Waals surface area (Å²) in [7, 11) is 1.37. The summed E-state index contributed by atoms with van der Waals surface area (Å²) >= 11 is 0. The van der Waals surface area contributed by atoms with Gasteiger partial charge in [-0.1, -0.05) is 48.5 Å². The summed E-state index contributed by atoms with van der Waals surface area (Å²) in [6, 6.07) is 17.6. The van der Waals surface area contributed by atoms with Gasteiger partial charge in [-0.05, 0) is 24.6 Å². The molecule has 0 heterocycles. The average Bonchev–Trinajstić information content (AvgIpc) is 2.54. The number of ether oxygens (including phenoxy) is 2. The lowest BCUT2D eigenvalue weighted by molar-refractivity contribution is -0.135. The van der Waals surface area contributed by atoms with Crippen LogP contribution >= 0.6 is 0 Å². The van der Waals surface area contributed by atoms with Gasteiger partial charge in [-0.3, -0.25) is 0 Å². The molecule has 2 rings (SSSR count). The van der Waals surface area contributed by atoms with Crippen molar-refractivity contribution in [2.75, 3.05) is 7.11 Å². The standard InChI is InChI=1S/C18H18O3/c1-14(18(19)20-2)12-16-10-6-7-11-17(16)21-13-15-8-4-3-5-9-15/h3-12H,13H2,1-2H3/b14-12+. The number of carbonyl (C=O) groups excluding carboxylic acids is 1. The second kappa shape index (κ2) is 7.29. The molecular weight excluding hydrogens is 264 g/mol. The van der Waals surface area contributed by atoms with Crippen molar-refractivity contribution < 1.29 is 14.3 Å². The molecule has 108 valence electrons. The minimum atomic E-state index is -0.340. The molecule has 0 bridgehead atoms. The molecule has 21 heavy (non-hydrogen) atoms. The Morgan fingerprint density at radius 2 is 1.71 bits per heavy atom. The highest BCUT2D eigenvalue weighted by Gasteiger charge is 2.06. The zero-order valence-electron chi connectivity index (χ0n) is 12.2. The van der Waals surface area contributed by atoms with Crippen molar-refractivity contribution in [3.8, 4) is 5.75 Å². The predicted molar refractivity (Wildman–Crippen MR) is 82.9 cm³/mol. The molecule has 0 saturated carbocycles. The lowest BCUT2D eigenvalue weighted by Crippen LogP contribution is -2.02. The van der Waals surface area contributed by atoms with Crippen LogP contribution in [0.15, 0.2) is 60.2 Å². The van der Waals surface area contributed by atoms with Gasteiger partial charge in [-0.25, -0.2) is 4.79 Å². The van der Waals surface area contributed by atoms with Gasteiger partial charge in [0.15, 0.2) is 0 Å². The Kier molecular flexibility index (Phi) is 5.16. The fourth-order valence-electron chi connectivity index (χ4n) is 1.92. The lowest BCUT2D eigenvalue weighted by Gasteiger charge is -2.10. The molecule has 0 aliphatic rings. The molecule has 0 aromatic heterocycles. The predicted octanol–water partition coefficient (Wildman–Crippen LogP) is 3.84. The van der Waals surface area contributed by atoms with Crippen molar-refractivity contribution in [3.05, 3.63) is 71.3 Å². The Labute approximate surface area is 124 Å². The third kappa shape index (κ3) is 4.21. The first-order valence-electron chi connectivity index (χ1n) is 6.73. The zero-order chi connectivity index (χ0) is 15.1. The van der Waals surface area contributed by atoms with Gasteiger partial charge in [-0.2, -0.15) is 0 Å². The fourth-order valence-corrected chi connectivity index (χ4v) is 1.92. The quantitative estimate of drug-likeness (QED) is 0.617. The number of hydrogen-bond donors (Lipinski definition) is 0. The maximum Gasteiger partial charge on any atom is 0.333 e. The van der Waals surface area contributed by atoms with Gasteiger partial charge in [0.2, 0.25) is 0 Å². The van der Waals surface area contributed by atoms with E-state index < -0.39 is 0 Å². The number of methoxy groups -OCH3 is 1. The molecule has 0 unspecified atom stereocenters. The number of esters is 1. The van der Waals surface area contributed by atoms with Gasteiger partial charge in [0.05, 0.1) is 7.11 Å². The summed E-state index contributed by atoms with van der Waals surface area (Å²) in [5.74, 6) is 0.400. The van der Waals surface area contributed by atoms with E-state index in [2.05, 4.69) is 0 Å². The van der Waals surface area contributed by atoms with Crippen LogP contribution in [-0.4, -0.2) is 13.1 Å². The lowest BCUT2D eigenvalue weighted by atomic mass is 10.1. The molecule has 3 heteroatoms. The number of carbonyl (C=O) groups is 1. The van der Waals surface area contributed by atoms with E-state index in [-0.39, 0.29) is 5.97 Å². The van der Waals surface area contributed by atoms with Crippen molar-refractivity contribution >= 4 is 12.0 Å². The maximum absolute atomic E-state index is 11.5. The van der Waals surface area contributed by atoms with E-state index in [1.807, 2.05) is 54.6 Å². The van der Waals surface area contributed by atoms with Crippen LogP contribution in [0.3, 0.4) is 0 Å². The van der Waals surface area contributed by atoms with Gasteiger partial charge in [-0.15, -0.1) is 0 Å². The van der Waals surface area contributed by atoms with Crippen LogP contribution in [0.25, 0.3) is 6.08 Å². The minimum Gasteiger partial charge on any atom is -0.488 e. The summed E-state index contributed by atoms with van der Waals surface area (Å²) in [5.41, 5.74) is 2.49. The minimum absolute atomic E-state index is 0.340. The van der Waals surface area contributed by atoms with Crippen LogP contribution in [-0.2, 0) is 16.1 Å². The van der Waals surface area contributed by atoms with E-state index in [0.717, 1.165) is 16.9 Å². The number of para-hydroxylation sites is 1. The Hall–Kier alpha value is -2.55. The Morgan fingerprint density at radius 1 is 1.05 bits per heavy atom. The van der Waals surface area contributed by atoms with E-state index >= 15 is 0 Å². The van der Waals surface area contributed by atoms with Gasteiger partial charge < -0.3 is 9.47 Å². The number of rotatable bonds is 5. The highest BCUT2D eigenvalue weighted by atomic mass is 16.5. The zero-order valence-corrected chi connectivity index (χ0v) is 12.2. The molecule has 0 aliphatic heterocycles. The number of hydrogen-bond acceptors (Lipinski definition) is 3. The topological polar surface area (TPSA) is 35.5 Å². The molecule has 0 saturated heterocycles. The van der Waals surface area contributed by atoms with Gasteiger partial charge in [0.1, 0.15) is 12.4 Å². The molecule has 3 nitrogen and oxygen atoms in total. The first-order chi connectivity index (χ1) is 10.2. The van der Waals surface area contributed by atoms with E-state index in [9.17, 15) is 4.79 Å². The van der Waals surface area contributed by atoms with Crippen LogP contribution < -0.4 is 4.74 Å². The fraction of sp³-hybridized carbons (Fsp3) is 0.167. The summed E-state index contributed by atoms with van der Waals surface area (Å²) in [5, 5.41) is 0. The Bertz CT molecular complexity index is 630. The normalized spacial score (nSPS) is 11.0. The molecule has 0 atom stereocenters. The summed E-state index contributed by atoms with van der Waals surface area (Å²) in [4.78, 5) is 11.5.